The van der Waals surface area contributed by atoms with E-state index in [2.05, 4.69) is 0 Å². The van der Waals surface area contributed by atoms with Gasteiger partial charge in [-0.2, -0.15) is 0 Å². The normalized spacial score (nSPS) is 33.0. The van der Waals surface area contributed by atoms with Crippen molar-refractivity contribution >= 4 is 17.5 Å². The van der Waals surface area contributed by atoms with Crippen LogP contribution in [-0.2, 0) is 14.2 Å². The Morgan fingerprint density at radius 1 is 1.13 bits per heavy atom. The molecule has 3 heterocycles. The second-order valence-corrected chi connectivity index (χ2v) is 8.58. The van der Waals surface area contributed by atoms with Crippen molar-refractivity contribution in [1.29, 1.82) is 0 Å². The number of nitrogens with zero attached hydrogens (tertiary/aromatic N) is 2. The highest BCUT2D eigenvalue weighted by Crippen LogP contribution is 2.53. The summed E-state index contributed by atoms with van der Waals surface area (Å²) >= 11 is 0. The highest BCUT2D eigenvalue weighted by molar-refractivity contribution is 5.90. The van der Waals surface area contributed by atoms with Crippen molar-refractivity contribution in [2.75, 3.05) is 49.3 Å². The summed E-state index contributed by atoms with van der Waals surface area (Å²) in [5.41, 5.74) is 0.0466. The molecule has 3 saturated heterocycles. The van der Waals surface area contributed by atoms with Crippen molar-refractivity contribution in [1.82, 2.24) is 0 Å². The average molecular weight is 424 g/mol. The summed E-state index contributed by atoms with van der Waals surface area (Å²) < 4.78 is 46.0. The molecular weight excluding hydrogens is 398 g/mol. The standard InChI is InChI=1S/C21H26F2N2O5/c22-17-5-12(25-7-13(10-26)30-21(25)27)6-18(23)20(17)24-8-14-15(9-24)16(14)11-29-19-3-1-2-4-28-19/h5-6,13-16,19,26H,1-4,7-11H2/t13-,14-,15+,16?,19?/m1/s1. The summed E-state index contributed by atoms with van der Waals surface area (Å²) in [5.74, 6) is -0.214. The number of hydrogen-bond donors (Lipinski definition) is 1. The molecule has 1 N–H and O–H groups in total. The zero-order valence-electron chi connectivity index (χ0n) is 16.6. The Bertz CT molecular complexity index is 784. The van der Waals surface area contributed by atoms with E-state index in [0.29, 0.717) is 37.5 Å². The van der Waals surface area contributed by atoms with Crippen LogP contribution in [0, 0.1) is 29.4 Å². The molecule has 3 aliphatic heterocycles. The fourth-order valence-corrected chi connectivity index (χ4v) is 4.98. The lowest BCUT2D eigenvalue weighted by Crippen LogP contribution is -2.29. The molecule has 164 valence electrons. The lowest BCUT2D eigenvalue weighted by molar-refractivity contribution is -0.165. The summed E-state index contributed by atoms with van der Waals surface area (Å²) in [5, 5.41) is 9.13. The van der Waals surface area contributed by atoms with Crippen LogP contribution in [0.2, 0.25) is 0 Å². The van der Waals surface area contributed by atoms with E-state index in [1.165, 1.54) is 0 Å². The second kappa shape index (κ2) is 7.94. The molecule has 7 nitrogen and oxygen atoms in total. The number of halogens is 2. The molecule has 5 rings (SSSR count). The maximum atomic E-state index is 14.8. The Labute approximate surface area is 173 Å². The minimum atomic E-state index is -0.715. The number of piperidine rings is 1. The Balaban J connectivity index is 1.20. The number of aliphatic hydroxyl groups is 1. The molecule has 0 bridgehead atoms. The topological polar surface area (TPSA) is 71.5 Å². The average Bonchev–Trinajstić information content (AvgIpc) is 3.04. The third kappa shape index (κ3) is 3.63. The van der Waals surface area contributed by atoms with Gasteiger partial charge >= 0.3 is 6.09 Å². The van der Waals surface area contributed by atoms with Crippen molar-refractivity contribution in [2.24, 2.45) is 17.8 Å². The molecule has 4 aliphatic rings. The van der Waals surface area contributed by atoms with Crippen LogP contribution in [0.3, 0.4) is 0 Å². The first-order chi connectivity index (χ1) is 14.5. The van der Waals surface area contributed by atoms with Gasteiger partial charge in [-0.25, -0.2) is 13.6 Å². The number of carbonyl (C=O) groups is 1. The summed E-state index contributed by atoms with van der Waals surface area (Å²) in [6.07, 6.45) is 1.63. The lowest BCUT2D eigenvalue weighted by Gasteiger charge is -2.26. The van der Waals surface area contributed by atoms with Crippen LogP contribution in [0.5, 0.6) is 0 Å². The minimum Gasteiger partial charge on any atom is -0.441 e. The molecule has 0 spiro atoms. The number of carbonyl (C=O) groups excluding carboxylic acids is 1. The molecule has 30 heavy (non-hydrogen) atoms. The van der Waals surface area contributed by atoms with Crippen molar-refractivity contribution in [3.8, 4) is 0 Å². The van der Waals surface area contributed by atoms with Gasteiger partial charge in [-0.05, 0) is 37.0 Å². The summed E-state index contributed by atoms with van der Waals surface area (Å²) in [4.78, 5) is 14.8. The molecule has 4 fully saturated rings. The minimum absolute atomic E-state index is 0.0486. The molecule has 0 aromatic heterocycles. The van der Waals surface area contributed by atoms with Gasteiger partial charge in [-0.15, -0.1) is 0 Å². The van der Waals surface area contributed by atoms with Gasteiger partial charge < -0.3 is 24.2 Å². The molecule has 0 radical (unpaired) electrons. The number of amides is 1. The third-order valence-corrected chi connectivity index (χ3v) is 6.69. The number of ether oxygens (including phenoxy) is 3. The number of benzene rings is 1. The number of aliphatic hydroxyl groups excluding tert-OH is 1. The zero-order valence-corrected chi connectivity index (χ0v) is 16.6. The first-order valence-electron chi connectivity index (χ1n) is 10.6. The van der Waals surface area contributed by atoms with E-state index in [1.807, 2.05) is 0 Å². The number of cyclic esters (lactones) is 1. The maximum Gasteiger partial charge on any atom is 0.414 e. The van der Waals surface area contributed by atoms with Crippen LogP contribution in [-0.4, -0.2) is 63.0 Å². The van der Waals surface area contributed by atoms with Gasteiger partial charge in [0.1, 0.15) is 11.8 Å². The van der Waals surface area contributed by atoms with E-state index >= 15 is 0 Å². The van der Waals surface area contributed by atoms with Crippen LogP contribution >= 0.6 is 0 Å². The van der Waals surface area contributed by atoms with Gasteiger partial charge in [-0.3, -0.25) is 4.90 Å². The van der Waals surface area contributed by atoms with Crippen molar-refractivity contribution < 1.29 is 32.9 Å². The van der Waals surface area contributed by atoms with Gasteiger partial charge in [-0.1, -0.05) is 0 Å². The Kier molecular flexibility index (Phi) is 5.28. The quantitative estimate of drug-likeness (QED) is 0.757. The van der Waals surface area contributed by atoms with E-state index in [4.69, 9.17) is 19.3 Å². The van der Waals surface area contributed by atoms with Gasteiger partial charge in [0.05, 0.1) is 25.4 Å². The van der Waals surface area contributed by atoms with Crippen LogP contribution in [0.4, 0.5) is 25.0 Å². The first kappa shape index (κ1) is 20.0. The second-order valence-electron chi connectivity index (χ2n) is 8.58. The lowest BCUT2D eigenvalue weighted by atomic mass is 10.2. The largest absolute Gasteiger partial charge is 0.441 e. The molecule has 1 aromatic rings. The number of fused-ring (bicyclic) bond motifs is 1. The number of anilines is 2. The van der Waals surface area contributed by atoms with Crippen LogP contribution in [0.25, 0.3) is 0 Å². The smallest absolute Gasteiger partial charge is 0.414 e. The number of hydrogen-bond acceptors (Lipinski definition) is 6. The third-order valence-electron chi connectivity index (χ3n) is 6.69. The van der Waals surface area contributed by atoms with Crippen LogP contribution in [0.1, 0.15) is 19.3 Å². The zero-order chi connectivity index (χ0) is 20.8. The van der Waals surface area contributed by atoms with Gasteiger partial charge in [0, 0.05) is 31.8 Å². The highest BCUT2D eigenvalue weighted by Gasteiger charge is 2.56. The van der Waals surface area contributed by atoms with E-state index in [1.54, 1.807) is 4.90 Å². The molecule has 1 aromatic carbocycles. The van der Waals surface area contributed by atoms with Crippen molar-refractivity contribution in [3.05, 3.63) is 23.8 Å². The van der Waals surface area contributed by atoms with Crippen molar-refractivity contribution in [3.63, 3.8) is 0 Å². The first-order valence-corrected chi connectivity index (χ1v) is 10.6. The Morgan fingerprint density at radius 3 is 2.47 bits per heavy atom. The number of rotatable bonds is 6. The van der Waals surface area contributed by atoms with E-state index in [-0.39, 0.29) is 30.8 Å². The predicted molar refractivity (Wildman–Crippen MR) is 103 cm³/mol. The molecule has 9 heteroatoms. The van der Waals surface area contributed by atoms with Crippen LogP contribution in [0.15, 0.2) is 12.1 Å². The monoisotopic (exact) mass is 424 g/mol. The van der Waals surface area contributed by atoms with Gasteiger partial charge in [0.15, 0.2) is 17.9 Å². The molecule has 5 atom stereocenters. The molecule has 1 aliphatic carbocycles. The molecule has 1 saturated carbocycles. The maximum absolute atomic E-state index is 14.8. The molecule has 1 amide bonds. The van der Waals surface area contributed by atoms with Gasteiger partial charge in [0.25, 0.3) is 0 Å². The van der Waals surface area contributed by atoms with E-state index in [9.17, 15) is 13.6 Å². The Morgan fingerprint density at radius 2 is 1.87 bits per heavy atom. The Hall–Kier alpha value is -1.97. The van der Waals surface area contributed by atoms with Gasteiger partial charge in [0.2, 0.25) is 0 Å². The summed E-state index contributed by atoms with van der Waals surface area (Å²) in [6, 6.07) is 2.31. The van der Waals surface area contributed by atoms with E-state index < -0.39 is 23.8 Å². The predicted octanol–water partition coefficient (Wildman–Crippen LogP) is 2.51. The summed E-state index contributed by atoms with van der Waals surface area (Å²) in [6.45, 7) is 2.31. The van der Waals surface area contributed by atoms with Crippen molar-refractivity contribution in [2.45, 2.75) is 31.7 Å². The van der Waals surface area contributed by atoms with E-state index in [0.717, 1.165) is 42.9 Å². The fourth-order valence-electron chi connectivity index (χ4n) is 4.98. The molecule has 2 unspecified atom stereocenters. The molecular formula is C21H26F2N2O5. The fraction of sp³-hybridized carbons (Fsp3) is 0.667. The van der Waals surface area contributed by atoms with Crippen LogP contribution < -0.4 is 9.80 Å². The highest BCUT2D eigenvalue weighted by atomic mass is 19.1. The SMILES string of the molecule is O=C1O[C@@H](CO)CN1c1cc(F)c(N2C[C@@H]3C(COC4CCCCO4)[C@@H]3C2)c(F)c1. The summed E-state index contributed by atoms with van der Waals surface area (Å²) in [7, 11) is 0.